The molecule has 0 spiro atoms. The van der Waals surface area contributed by atoms with Gasteiger partial charge in [0.05, 0.1) is 18.7 Å². The topological polar surface area (TPSA) is 84.7 Å². The highest BCUT2D eigenvalue weighted by Crippen LogP contribution is 2.33. The number of hydrogen-bond donors (Lipinski definition) is 2. The molecule has 0 unspecified atom stereocenters. The molecule has 0 radical (unpaired) electrons. The van der Waals surface area contributed by atoms with Crippen LogP contribution in [0, 0.1) is 0 Å². The quantitative estimate of drug-likeness (QED) is 0.863. The zero-order valence-corrected chi connectivity index (χ0v) is 11.5. The number of benzene rings is 1. The van der Waals surface area contributed by atoms with E-state index in [0.717, 1.165) is 0 Å². The summed E-state index contributed by atoms with van der Waals surface area (Å²) in [5.41, 5.74) is 6.69. The van der Waals surface area contributed by atoms with E-state index in [9.17, 15) is 9.59 Å². The number of nitrogens with one attached hydrogen (secondary N) is 1. The fraction of sp³-hybridized carbons (Fsp3) is 0.429. The molecule has 1 aliphatic rings. The van der Waals surface area contributed by atoms with Crippen LogP contribution >= 0.6 is 0 Å². The highest BCUT2D eigenvalue weighted by molar-refractivity contribution is 5.97. The lowest BCUT2D eigenvalue weighted by atomic mass is 10.2. The fourth-order valence-corrected chi connectivity index (χ4v) is 2.02. The van der Waals surface area contributed by atoms with Crippen molar-refractivity contribution in [2.75, 3.05) is 30.4 Å². The average Bonchev–Trinajstić information content (AvgIpc) is 2.57. The Morgan fingerprint density at radius 1 is 1.50 bits per heavy atom. The minimum atomic E-state index is -0.0843. The van der Waals surface area contributed by atoms with E-state index in [1.165, 1.54) is 0 Å². The standard InChI is InChI=1S/C14H19N3O3/c1-17-11-9-10(16-13(18)3-2-7-15)4-5-12(11)20-8-6-14(17)19/h4-5,9H,2-3,6-8,15H2,1H3,(H,16,18). The summed E-state index contributed by atoms with van der Waals surface area (Å²) < 4.78 is 5.52. The first-order chi connectivity index (χ1) is 9.61. The molecule has 1 heterocycles. The lowest BCUT2D eigenvalue weighted by Gasteiger charge is -2.17. The number of amides is 2. The Kier molecular flexibility index (Phi) is 4.57. The second-order valence-electron chi connectivity index (χ2n) is 4.67. The van der Waals surface area contributed by atoms with Crippen LogP contribution in [0.3, 0.4) is 0 Å². The number of hydrogen-bond acceptors (Lipinski definition) is 4. The van der Waals surface area contributed by atoms with Gasteiger partial charge in [0.2, 0.25) is 11.8 Å². The summed E-state index contributed by atoms with van der Waals surface area (Å²) in [6.45, 7) is 0.862. The second kappa shape index (κ2) is 6.38. The summed E-state index contributed by atoms with van der Waals surface area (Å²) in [7, 11) is 1.70. The Labute approximate surface area is 117 Å². The molecule has 1 aliphatic heterocycles. The van der Waals surface area contributed by atoms with Gasteiger partial charge in [0.1, 0.15) is 5.75 Å². The van der Waals surface area contributed by atoms with Crippen LogP contribution < -0.4 is 20.7 Å². The van der Waals surface area contributed by atoms with Gasteiger partial charge in [0.25, 0.3) is 0 Å². The first-order valence-corrected chi connectivity index (χ1v) is 6.65. The Morgan fingerprint density at radius 3 is 3.05 bits per heavy atom. The van der Waals surface area contributed by atoms with Crippen LogP contribution in [-0.2, 0) is 9.59 Å². The van der Waals surface area contributed by atoms with Gasteiger partial charge in [-0.2, -0.15) is 0 Å². The predicted octanol–water partition coefficient (Wildman–Crippen LogP) is 1.11. The molecule has 0 bridgehead atoms. The molecule has 0 saturated heterocycles. The van der Waals surface area contributed by atoms with Gasteiger partial charge in [-0.05, 0) is 31.2 Å². The summed E-state index contributed by atoms with van der Waals surface area (Å²) >= 11 is 0. The normalized spacial score (nSPS) is 14.3. The minimum Gasteiger partial charge on any atom is -0.491 e. The number of nitrogens with two attached hydrogens (primary N) is 1. The molecule has 6 nitrogen and oxygen atoms in total. The van der Waals surface area contributed by atoms with Crippen LogP contribution in [0.5, 0.6) is 5.75 Å². The maximum atomic E-state index is 11.8. The van der Waals surface area contributed by atoms with Crippen molar-refractivity contribution in [1.29, 1.82) is 0 Å². The third-order valence-corrected chi connectivity index (χ3v) is 3.16. The van der Waals surface area contributed by atoms with Crippen LogP contribution in [-0.4, -0.2) is 32.0 Å². The highest BCUT2D eigenvalue weighted by atomic mass is 16.5. The van der Waals surface area contributed by atoms with Crippen molar-refractivity contribution in [2.45, 2.75) is 19.3 Å². The molecular formula is C14H19N3O3. The molecule has 2 amide bonds. The molecule has 6 heteroatoms. The van der Waals surface area contributed by atoms with Gasteiger partial charge in [0.15, 0.2) is 0 Å². The van der Waals surface area contributed by atoms with E-state index in [1.807, 2.05) is 0 Å². The third-order valence-electron chi connectivity index (χ3n) is 3.16. The lowest BCUT2D eigenvalue weighted by Crippen LogP contribution is -2.25. The van der Waals surface area contributed by atoms with E-state index in [-0.39, 0.29) is 11.8 Å². The van der Waals surface area contributed by atoms with E-state index in [0.29, 0.717) is 49.5 Å². The van der Waals surface area contributed by atoms with Crippen molar-refractivity contribution in [3.05, 3.63) is 18.2 Å². The van der Waals surface area contributed by atoms with Crippen molar-refractivity contribution >= 4 is 23.2 Å². The molecule has 1 aromatic carbocycles. The van der Waals surface area contributed by atoms with E-state index >= 15 is 0 Å². The van der Waals surface area contributed by atoms with E-state index in [2.05, 4.69) is 5.32 Å². The van der Waals surface area contributed by atoms with Crippen molar-refractivity contribution in [2.24, 2.45) is 5.73 Å². The summed E-state index contributed by atoms with van der Waals surface area (Å²) in [5.74, 6) is 0.563. The van der Waals surface area contributed by atoms with Crippen molar-refractivity contribution in [3.8, 4) is 5.75 Å². The fourth-order valence-electron chi connectivity index (χ4n) is 2.02. The van der Waals surface area contributed by atoms with Crippen LogP contribution in [0.2, 0.25) is 0 Å². The monoisotopic (exact) mass is 277 g/mol. The molecule has 2 rings (SSSR count). The van der Waals surface area contributed by atoms with Gasteiger partial charge in [-0.15, -0.1) is 0 Å². The van der Waals surface area contributed by atoms with Crippen LogP contribution in [0.1, 0.15) is 19.3 Å². The van der Waals surface area contributed by atoms with Crippen LogP contribution in [0.25, 0.3) is 0 Å². The molecule has 20 heavy (non-hydrogen) atoms. The van der Waals surface area contributed by atoms with E-state index in [4.69, 9.17) is 10.5 Å². The lowest BCUT2D eigenvalue weighted by molar-refractivity contribution is -0.118. The van der Waals surface area contributed by atoms with E-state index < -0.39 is 0 Å². The first-order valence-electron chi connectivity index (χ1n) is 6.65. The van der Waals surface area contributed by atoms with Crippen molar-refractivity contribution in [1.82, 2.24) is 0 Å². The predicted molar refractivity (Wildman–Crippen MR) is 76.9 cm³/mol. The van der Waals surface area contributed by atoms with Gasteiger partial charge in [-0.25, -0.2) is 0 Å². The molecule has 0 aliphatic carbocycles. The number of anilines is 2. The SMILES string of the molecule is CN1C(=O)CCOc2ccc(NC(=O)CCCN)cc21. The van der Waals surface area contributed by atoms with Gasteiger partial charge in [0, 0.05) is 19.2 Å². The number of ether oxygens (including phenoxy) is 1. The Morgan fingerprint density at radius 2 is 2.30 bits per heavy atom. The number of carbonyl (C=O) groups excluding carboxylic acids is 2. The zero-order valence-electron chi connectivity index (χ0n) is 11.5. The largest absolute Gasteiger partial charge is 0.491 e. The van der Waals surface area contributed by atoms with Crippen molar-refractivity contribution < 1.29 is 14.3 Å². The third kappa shape index (κ3) is 3.27. The minimum absolute atomic E-state index is 0.00430. The molecule has 3 N–H and O–H groups in total. The van der Waals surface area contributed by atoms with Gasteiger partial charge in [-0.3, -0.25) is 9.59 Å². The molecule has 0 aromatic heterocycles. The molecule has 1 aromatic rings. The Bertz CT molecular complexity index is 516. The highest BCUT2D eigenvalue weighted by Gasteiger charge is 2.20. The molecule has 108 valence electrons. The average molecular weight is 277 g/mol. The van der Waals surface area contributed by atoms with Crippen LogP contribution in [0.15, 0.2) is 18.2 Å². The van der Waals surface area contributed by atoms with Gasteiger partial charge < -0.3 is 20.7 Å². The number of carbonyl (C=O) groups is 2. The summed E-state index contributed by atoms with van der Waals surface area (Å²) in [6, 6.07) is 5.28. The van der Waals surface area contributed by atoms with Crippen molar-refractivity contribution in [3.63, 3.8) is 0 Å². The molecule has 0 atom stereocenters. The van der Waals surface area contributed by atoms with Gasteiger partial charge >= 0.3 is 0 Å². The summed E-state index contributed by atoms with van der Waals surface area (Å²) in [5, 5.41) is 2.79. The molecule has 0 saturated carbocycles. The smallest absolute Gasteiger partial charge is 0.230 e. The van der Waals surface area contributed by atoms with Gasteiger partial charge in [-0.1, -0.05) is 0 Å². The zero-order chi connectivity index (χ0) is 14.5. The second-order valence-corrected chi connectivity index (χ2v) is 4.67. The summed E-state index contributed by atoms with van der Waals surface area (Å²) in [6.07, 6.45) is 1.39. The molecular weight excluding hydrogens is 258 g/mol. The Balaban J connectivity index is 2.16. The maximum absolute atomic E-state index is 11.8. The van der Waals surface area contributed by atoms with Crippen LogP contribution in [0.4, 0.5) is 11.4 Å². The maximum Gasteiger partial charge on any atom is 0.230 e. The number of fused-ring (bicyclic) bond motifs is 1. The van der Waals surface area contributed by atoms with E-state index in [1.54, 1.807) is 30.1 Å². The summed E-state index contributed by atoms with van der Waals surface area (Å²) in [4.78, 5) is 25.0. The Hall–Kier alpha value is -2.08. The molecule has 0 fully saturated rings. The first kappa shape index (κ1) is 14.3. The number of nitrogens with zero attached hydrogens (tertiary/aromatic N) is 1. The number of rotatable bonds is 4.